The van der Waals surface area contributed by atoms with E-state index in [-0.39, 0.29) is 0 Å². The van der Waals surface area contributed by atoms with Crippen LogP contribution < -0.4 is 0 Å². The molecule has 0 saturated carbocycles. The quantitative estimate of drug-likeness (QED) is 0.675. The fourth-order valence-electron chi connectivity index (χ4n) is 3.01. The molecule has 1 atom stereocenters. The molecule has 0 aliphatic heterocycles. The molecular formula is C20H22N4O2S. The normalized spacial score (nSPS) is 12.9. The molecule has 0 fully saturated rings. The molecule has 27 heavy (non-hydrogen) atoms. The summed E-state index contributed by atoms with van der Waals surface area (Å²) in [6.07, 6.45) is 6.49. The minimum atomic E-state index is -3.68. The van der Waals surface area contributed by atoms with Gasteiger partial charge in [0.2, 0.25) is 10.0 Å². The maximum Gasteiger partial charge on any atom is 0.243 e. The van der Waals surface area contributed by atoms with E-state index < -0.39 is 16.1 Å². The Morgan fingerprint density at radius 3 is 2.26 bits per heavy atom. The van der Waals surface area contributed by atoms with E-state index in [1.807, 2.05) is 39.0 Å². The standard InChI is InChI=1S/C20H22N4O2S/c1-14-12-20(15(2)11-18(14)17-5-8-21-9-6-17)27(25,26)24(4)16(3)19-7-10-22-13-23-19/h5-13,16H,1-4H3. The summed E-state index contributed by atoms with van der Waals surface area (Å²) in [5.74, 6) is 0. The molecule has 6 nitrogen and oxygen atoms in total. The van der Waals surface area contributed by atoms with Crippen molar-refractivity contribution in [2.45, 2.75) is 31.7 Å². The monoisotopic (exact) mass is 382 g/mol. The topological polar surface area (TPSA) is 76.1 Å². The first-order chi connectivity index (χ1) is 12.8. The second-order valence-corrected chi connectivity index (χ2v) is 8.47. The lowest BCUT2D eigenvalue weighted by molar-refractivity contribution is 0.391. The predicted molar refractivity (Wildman–Crippen MR) is 105 cm³/mol. The van der Waals surface area contributed by atoms with Gasteiger partial charge in [0.15, 0.2) is 0 Å². The van der Waals surface area contributed by atoms with Crippen LogP contribution in [0, 0.1) is 13.8 Å². The van der Waals surface area contributed by atoms with Crippen molar-refractivity contribution >= 4 is 10.0 Å². The van der Waals surface area contributed by atoms with E-state index in [0.717, 1.165) is 16.7 Å². The van der Waals surface area contributed by atoms with Gasteiger partial charge < -0.3 is 0 Å². The van der Waals surface area contributed by atoms with Gasteiger partial charge in [0.05, 0.1) is 16.6 Å². The van der Waals surface area contributed by atoms with E-state index in [4.69, 9.17) is 0 Å². The zero-order valence-electron chi connectivity index (χ0n) is 15.8. The number of rotatable bonds is 5. The molecule has 1 unspecified atom stereocenters. The fraction of sp³-hybridized carbons (Fsp3) is 0.250. The number of aromatic nitrogens is 3. The molecule has 3 aromatic rings. The van der Waals surface area contributed by atoms with Crippen LogP contribution in [-0.4, -0.2) is 34.7 Å². The molecule has 0 bridgehead atoms. The van der Waals surface area contributed by atoms with Crippen molar-refractivity contribution in [3.63, 3.8) is 0 Å². The highest BCUT2D eigenvalue weighted by atomic mass is 32.2. The summed E-state index contributed by atoms with van der Waals surface area (Å²) in [5, 5.41) is 0. The summed E-state index contributed by atoms with van der Waals surface area (Å²) in [6, 6.07) is 8.81. The van der Waals surface area contributed by atoms with Gasteiger partial charge in [0, 0.05) is 25.6 Å². The van der Waals surface area contributed by atoms with Crippen molar-refractivity contribution < 1.29 is 8.42 Å². The minimum Gasteiger partial charge on any atom is -0.265 e. The van der Waals surface area contributed by atoms with Crippen molar-refractivity contribution in [3.05, 3.63) is 72.1 Å². The predicted octanol–water partition coefficient (Wildman–Crippen LogP) is 3.54. The smallest absolute Gasteiger partial charge is 0.243 e. The van der Waals surface area contributed by atoms with Gasteiger partial charge in [-0.2, -0.15) is 4.31 Å². The number of benzene rings is 1. The zero-order chi connectivity index (χ0) is 19.6. The molecule has 0 radical (unpaired) electrons. The third kappa shape index (κ3) is 3.74. The largest absolute Gasteiger partial charge is 0.265 e. The van der Waals surface area contributed by atoms with Gasteiger partial charge in [-0.05, 0) is 73.4 Å². The van der Waals surface area contributed by atoms with Gasteiger partial charge in [-0.25, -0.2) is 18.4 Å². The van der Waals surface area contributed by atoms with E-state index in [1.54, 1.807) is 37.8 Å². The first-order valence-corrected chi connectivity index (χ1v) is 10.0. The Labute approximate surface area is 160 Å². The van der Waals surface area contributed by atoms with Crippen LogP contribution in [0.5, 0.6) is 0 Å². The first kappa shape index (κ1) is 19.1. The molecule has 2 heterocycles. The second-order valence-electron chi connectivity index (χ2n) is 6.50. The highest BCUT2D eigenvalue weighted by Gasteiger charge is 2.29. The molecule has 2 aromatic heterocycles. The van der Waals surface area contributed by atoms with Crippen LogP contribution in [0.1, 0.15) is 29.8 Å². The van der Waals surface area contributed by atoms with E-state index in [0.29, 0.717) is 16.2 Å². The van der Waals surface area contributed by atoms with Crippen LogP contribution in [0.2, 0.25) is 0 Å². The number of pyridine rings is 1. The summed E-state index contributed by atoms with van der Waals surface area (Å²) in [6.45, 7) is 5.55. The Bertz CT molecular complexity index is 1040. The number of sulfonamides is 1. The maximum atomic E-state index is 13.2. The van der Waals surface area contributed by atoms with Gasteiger partial charge >= 0.3 is 0 Å². The molecule has 0 aliphatic carbocycles. The first-order valence-electron chi connectivity index (χ1n) is 8.58. The molecular weight excluding hydrogens is 360 g/mol. The molecule has 1 aromatic carbocycles. The average molecular weight is 382 g/mol. The third-order valence-corrected chi connectivity index (χ3v) is 6.82. The average Bonchev–Trinajstić information content (AvgIpc) is 2.69. The Kier molecular flexibility index (Phi) is 5.34. The summed E-state index contributed by atoms with van der Waals surface area (Å²) < 4.78 is 27.8. The Morgan fingerprint density at radius 1 is 0.963 bits per heavy atom. The molecule has 0 spiro atoms. The SMILES string of the molecule is Cc1cc(S(=O)(=O)N(C)C(C)c2ccncn2)c(C)cc1-c1ccncc1. The van der Waals surface area contributed by atoms with E-state index in [1.165, 1.54) is 10.6 Å². The lowest BCUT2D eigenvalue weighted by Crippen LogP contribution is -2.31. The molecule has 0 amide bonds. The minimum absolute atomic E-state index is 0.307. The number of hydrogen-bond donors (Lipinski definition) is 0. The van der Waals surface area contributed by atoms with Crippen molar-refractivity contribution in [1.29, 1.82) is 0 Å². The summed E-state index contributed by atoms with van der Waals surface area (Å²) in [7, 11) is -2.10. The highest BCUT2D eigenvalue weighted by Crippen LogP contribution is 2.31. The summed E-state index contributed by atoms with van der Waals surface area (Å²) in [5.41, 5.74) is 4.26. The van der Waals surface area contributed by atoms with Crippen LogP contribution in [-0.2, 0) is 10.0 Å². The van der Waals surface area contributed by atoms with Gasteiger partial charge in [0.25, 0.3) is 0 Å². The molecule has 3 rings (SSSR count). The van der Waals surface area contributed by atoms with Crippen LogP contribution in [0.25, 0.3) is 11.1 Å². The molecule has 140 valence electrons. The van der Waals surface area contributed by atoms with Crippen molar-refractivity contribution in [2.75, 3.05) is 7.05 Å². The maximum absolute atomic E-state index is 13.2. The fourth-order valence-corrected chi connectivity index (χ4v) is 4.63. The third-order valence-electron chi connectivity index (χ3n) is 4.75. The van der Waals surface area contributed by atoms with Crippen LogP contribution in [0.3, 0.4) is 0 Å². The summed E-state index contributed by atoms with van der Waals surface area (Å²) >= 11 is 0. The van der Waals surface area contributed by atoms with Crippen LogP contribution >= 0.6 is 0 Å². The van der Waals surface area contributed by atoms with Gasteiger partial charge in [-0.15, -0.1) is 0 Å². The molecule has 7 heteroatoms. The Hall–Kier alpha value is -2.64. The zero-order valence-corrected chi connectivity index (χ0v) is 16.6. The van der Waals surface area contributed by atoms with E-state index in [9.17, 15) is 8.42 Å². The Morgan fingerprint density at radius 2 is 1.63 bits per heavy atom. The van der Waals surface area contributed by atoms with E-state index in [2.05, 4.69) is 15.0 Å². The lowest BCUT2D eigenvalue weighted by atomic mass is 9.99. The van der Waals surface area contributed by atoms with Crippen molar-refractivity contribution in [1.82, 2.24) is 19.3 Å². The Balaban J connectivity index is 2.01. The van der Waals surface area contributed by atoms with Gasteiger partial charge in [0.1, 0.15) is 6.33 Å². The summed E-state index contributed by atoms with van der Waals surface area (Å²) in [4.78, 5) is 12.4. The lowest BCUT2D eigenvalue weighted by Gasteiger charge is -2.25. The number of aryl methyl sites for hydroxylation is 2. The van der Waals surface area contributed by atoms with Crippen LogP contribution in [0.4, 0.5) is 0 Å². The van der Waals surface area contributed by atoms with Gasteiger partial charge in [-0.1, -0.05) is 0 Å². The van der Waals surface area contributed by atoms with Crippen molar-refractivity contribution in [2.24, 2.45) is 0 Å². The molecule has 0 saturated heterocycles. The molecule has 0 aliphatic rings. The second kappa shape index (κ2) is 7.54. The van der Waals surface area contributed by atoms with E-state index >= 15 is 0 Å². The molecule has 0 N–H and O–H groups in total. The van der Waals surface area contributed by atoms with Gasteiger partial charge in [-0.3, -0.25) is 4.98 Å². The number of nitrogens with zero attached hydrogens (tertiary/aromatic N) is 4. The highest BCUT2D eigenvalue weighted by molar-refractivity contribution is 7.89. The van der Waals surface area contributed by atoms with Crippen LogP contribution in [0.15, 0.2) is 60.1 Å². The number of hydrogen-bond acceptors (Lipinski definition) is 5. The van der Waals surface area contributed by atoms with Crippen molar-refractivity contribution in [3.8, 4) is 11.1 Å².